The molecule has 0 aliphatic carbocycles. The number of morpholine rings is 1. The van der Waals surface area contributed by atoms with Gasteiger partial charge in [-0.1, -0.05) is 12.1 Å². The van der Waals surface area contributed by atoms with Crippen LogP contribution in [0.3, 0.4) is 0 Å². The van der Waals surface area contributed by atoms with Crippen molar-refractivity contribution in [3.8, 4) is 0 Å². The molecule has 2 atom stereocenters. The second-order valence-corrected chi connectivity index (χ2v) is 10.3. The summed E-state index contributed by atoms with van der Waals surface area (Å²) >= 11 is 5.97. The average molecular weight is 525 g/mol. The van der Waals surface area contributed by atoms with Gasteiger partial charge >= 0.3 is 0 Å². The molecule has 0 radical (unpaired) electrons. The second-order valence-electron chi connectivity index (χ2n) is 9.89. The highest BCUT2D eigenvalue weighted by Crippen LogP contribution is 2.43. The maximum absolute atomic E-state index is 5.97. The first-order chi connectivity index (χ1) is 18.6. The highest BCUT2D eigenvalue weighted by atomic mass is 32.1. The van der Waals surface area contributed by atoms with Crippen molar-refractivity contribution in [2.24, 2.45) is 0 Å². The molecule has 194 valence electrons. The number of thiocarbonyl (C=S) groups is 1. The first-order valence-corrected chi connectivity index (χ1v) is 13.5. The summed E-state index contributed by atoms with van der Waals surface area (Å²) in [5, 5.41) is 4.31. The van der Waals surface area contributed by atoms with Gasteiger partial charge in [0.1, 0.15) is 0 Å². The van der Waals surface area contributed by atoms with Gasteiger partial charge < -0.3 is 24.4 Å². The van der Waals surface area contributed by atoms with E-state index in [2.05, 4.69) is 81.0 Å². The van der Waals surface area contributed by atoms with Crippen molar-refractivity contribution in [2.45, 2.75) is 32.5 Å². The molecule has 2 aliphatic rings. The Morgan fingerprint density at radius 3 is 2.47 bits per heavy atom. The Hall–Kier alpha value is -3.75. The third kappa shape index (κ3) is 4.66. The minimum atomic E-state index is -0.0741. The zero-order chi connectivity index (χ0) is 26.1. The van der Waals surface area contributed by atoms with E-state index in [4.69, 9.17) is 21.9 Å². The third-order valence-electron chi connectivity index (χ3n) is 7.60. The summed E-state index contributed by atoms with van der Waals surface area (Å²) in [7, 11) is 0. The van der Waals surface area contributed by atoms with Gasteiger partial charge in [-0.05, 0) is 85.7 Å². The Kier molecular flexibility index (Phi) is 6.82. The number of hydrogen-bond donors (Lipinski definition) is 1. The summed E-state index contributed by atoms with van der Waals surface area (Å²) in [5.41, 5.74) is 8.11. The highest BCUT2D eigenvalue weighted by Gasteiger charge is 2.42. The topological polar surface area (TPSA) is 58.5 Å². The Balaban J connectivity index is 1.39. The molecular weight excluding hydrogens is 492 g/mol. The van der Waals surface area contributed by atoms with E-state index in [9.17, 15) is 0 Å². The Morgan fingerprint density at radius 1 is 0.974 bits per heavy atom. The molecule has 0 amide bonds. The third-order valence-corrected chi connectivity index (χ3v) is 7.91. The lowest BCUT2D eigenvalue weighted by Gasteiger charge is -2.31. The Morgan fingerprint density at radius 2 is 1.76 bits per heavy atom. The van der Waals surface area contributed by atoms with Gasteiger partial charge in [-0.3, -0.25) is 9.97 Å². The molecule has 2 saturated heterocycles. The number of pyridine rings is 2. The summed E-state index contributed by atoms with van der Waals surface area (Å²) in [4.78, 5) is 13.7. The van der Waals surface area contributed by atoms with Gasteiger partial charge in [0.25, 0.3) is 0 Å². The van der Waals surface area contributed by atoms with Crippen LogP contribution in [-0.2, 0) is 11.3 Å². The lowest BCUT2D eigenvalue weighted by Crippen LogP contribution is -2.36. The van der Waals surface area contributed by atoms with Crippen molar-refractivity contribution in [1.29, 1.82) is 0 Å². The summed E-state index contributed by atoms with van der Waals surface area (Å²) in [6.07, 6.45) is 5.60. The minimum absolute atomic E-state index is 0.0412. The number of nitrogens with one attached hydrogen (secondary N) is 1. The molecule has 1 aromatic carbocycles. The first kappa shape index (κ1) is 24.6. The van der Waals surface area contributed by atoms with Gasteiger partial charge in [0.2, 0.25) is 0 Å². The number of benzene rings is 1. The predicted molar refractivity (Wildman–Crippen MR) is 155 cm³/mol. The summed E-state index contributed by atoms with van der Waals surface area (Å²) in [6.45, 7) is 8.51. The second kappa shape index (κ2) is 10.6. The first-order valence-electron chi connectivity index (χ1n) is 13.1. The molecule has 7 nitrogen and oxygen atoms in total. The fraction of sp³-hybridized carbons (Fsp3) is 0.300. The number of rotatable bonds is 6. The van der Waals surface area contributed by atoms with E-state index in [1.165, 1.54) is 28.2 Å². The van der Waals surface area contributed by atoms with Gasteiger partial charge in [-0.25, -0.2) is 0 Å². The normalized spacial score (nSPS) is 19.6. The van der Waals surface area contributed by atoms with Crippen LogP contribution in [-0.4, -0.2) is 46.0 Å². The van der Waals surface area contributed by atoms with Crippen LogP contribution in [0.25, 0.3) is 0 Å². The highest BCUT2D eigenvalue weighted by molar-refractivity contribution is 7.80. The number of anilines is 2. The molecule has 0 spiro atoms. The lowest BCUT2D eigenvalue weighted by molar-refractivity contribution is 0.122. The van der Waals surface area contributed by atoms with Crippen molar-refractivity contribution in [1.82, 2.24) is 19.9 Å². The molecule has 0 unspecified atom stereocenters. The zero-order valence-electron chi connectivity index (χ0n) is 21.7. The zero-order valence-corrected chi connectivity index (χ0v) is 22.6. The molecule has 8 heteroatoms. The summed E-state index contributed by atoms with van der Waals surface area (Å²) < 4.78 is 7.89. The van der Waals surface area contributed by atoms with Crippen LogP contribution in [0.2, 0.25) is 0 Å². The van der Waals surface area contributed by atoms with Gasteiger partial charge in [-0.15, -0.1) is 0 Å². The minimum Gasteiger partial charge on any atom is -0.378 e. The number of aromatic nitrogens is 3. The largest absolute Gasteiger partial charge is 0.378 e. The molecular formula is C30H32N6OS. The fourth-order valence-corrected chi connectivity index (χ4v) is 5.99. The van der Waals surface area contributed by atoms with Crippen molar-refractivity contribution >= 4 is 28.7 Å². The lowest BCUT2D eigenvalue weighted by atomic mass is 9.96. The van der Waals surface area contributed by atoms with Gasteiger partial charge in [0, 0.05) is 61.0 Å². The molecule has 0 saturated carbocycles. The number of aryl methyl sites for hydroxylation is 1. The van der Waals surface area contributed by atoms with Crippen LogP contribution in [0.15, 0.2) is 79.3 Å². The summed E-state index contributed by atoms with van der Waals surface area (Å²) in [6, 6.07) is 21.1. The van der Waals surface area contributed by atoms with Crippen molar-refractivity contribution < 1.29 is 4.74 Å². The fourth-order valence-electron chi connectivity index (χ4n) is 5.64. The molecule has 3 aromatic heterocycles. The predicted octanol–water partition coefficient (Wildman–Crippen LogP) is 4.96. The molecule has 0 bridgehead atoms. The number of hydrogen-bond acceptors (Lipinski definition) is 5. The average Bonchev–Trinajstić information content (AvgIpc) is 3.45. The van der Waals surface area contributed by atoms with E-state index >= 15 is 0 Å². The molecule has 6 rings (SSSR count). The number of ether oxygens (including phenoxy) is 1. The smallest absolute Gasteiger partial charge is 0.174 e. The van der Waals surface area contributed by atoms with Crippen LogP contribution in [0.1, 0.15) is 40.3 Å². The monoisotopic (exact) mass is 524 g/mol. The van der Waals surface area contributed by atoms with Crippen LogP contribution >= 0.6 is 12.2 Å². The quantitative estimate of drug-likeness (QED) is 0.358. The molecule has 38 heavy (non-hydrogen) atoms. The molecule has 5 heterocycles. The summed E-state index contributed by atoms with van der Waals surface area (Å²) in [5.74, 6) is 0. The van der Waals surface area contributed by atoms with Crippen LogP contribution in [0.4, 0.5) is 11.4 Å². The van der Waals surface area contributed by atoms with E-state index in [-0.39, 0.29) is 12.1 Å². The van der Waals surface area contributed by atoms with E-state index < -0.39 is 0 Å². The maximum Gasteiger partial charge on any atom is 0.174 e. The van der Waals surface area contributed by atoms with Crippen LogP contribution in [0, 0.1) is 13.8 Å². The van der Waals surface area contributed by atoms with Crippen molar-refractivity contribution in [2.75, 3.05) is 36.1 Å². The SMILES string of the molecule is Cc1cc([C@H]2[C@H](c3ccccn3)NC(=S)N2c2ccc(N3CCOCC3)cc2)c(C)n1Cc1cccnc1. The van der Waals surface area contributed by atoms with Gasteiger partial charge in [0.05, 0.1) is 31.0 Å². The molecule has 1 N–H and O–H groups in total. The van der Waals surface area contributed by atoms with Crippen molar-refractivity contribution in [3.63, 3.8) is 0 Å². The van der Waals surface area contributed by atoms with Crippen molar-refractivity contribution in [3.05, 3.63) is 107 Å². The molecule has 2 fully saturated rings. The van der Waals surface area contributed by atoms with E-state index in [0.717, 1.165) is 44.2 Å². The Labute approximate surface area is 229 Å². The van der Waals surface area contributed by atoms with Gasteiger partial charge in [0.15, 0.2) is 5.11 Å². The Bertz CT molecular complexity index is 1400. The van der Waals surface area contributed by atoms with E-state index in [0.29, 0.717) is 5.11 Å². The van der Waals surface area contributed by atoms with E-state index in [1.807, 2.05) is 36.8 Å². The van der Waals surface area contributed by atoms with Crippen LogP contribution in [0.5, 0.6) is 0 Å². The van der Waals surface area contributed by atoms with Gasteiger partial charge in [-0.2, -0.15) is 0 Å². The number of nitrogens with zero attached hydrogens (tertiary/aromatic N) is 5. The standard InChI is InChI=1S/C30H32N6OS/c1-21-18-26(22(2)35(21)20-23-6-5-12-31-19-23)29-28(27-7-3-4-13-32-27)33-30(38)36(29)25-10-8-24(9-11-25)34-14-16-37-17-15-34/h3-13,18-19,28-29H,14-17,20H2,1-2H3,(H,33,38)/t28-,29-/m0/s1. The van der Waals surface area contributed by atoms with Crippen LogP contribution < -0.4 is 15.1 Å². The maximum atomic E-state index is 5.97. The molecule has 2 aliphatic heterocycles. The van der Waals surface area contributed by atoms with E-state index in [1.54, 1.807) is 0 Å². The molecule has 4 aromatic rings.